The molecule has 3 aromatic carbocycles. The highest BCUT2D eigenvalue weighted by atomic mass is 79.9. The van der Waals surface area contributed by atoms with E-state index >= 15 is 0 Å². The zero-order chi connectivity index (χ0) is 80.0. The molecule has 594 valence electrons. The van der Waals surface area contributed by atoms with Crippen LogP contribution in [0.15, 0.2) is 199 Å². The van der Waals surface area contributed by atoms with Gasteiger partial charge in [-0.3, -0.25) is 0 Å². The first-order valence-electron chi connectivity index (χ1n) is 38.9. The second-order valence-corrected chi connectivity index (χ2v) is 33.3. The molecule has 11 aromatic rings. The number of esters is 3. The van der Waals surface area contributed by atoms with E-state index in [-0.39, 0.29) is 17.9 Å². The summed E-state index contributed by atoms with van der Waals surface area (Å²) in [5, 5.41) is 36.6. The van der Waals surface area contributed by atoms with Crippen molar-refractivity contribution in [3.63, 3.8) is 0 Å². The quantitative estimate of drug-likeness (QED) is 0.00809. The number of aromatic carboxylic acids is 1. The average Bonchev–Trinajstić information content (AvgIpc) is 1.77. The molecule has 0 saturated carbocycles. The van der Waals surface area contributed by atoms with Gasteiger partial charge >= 0.3 is 38.0 Å². The number of carbonyl (C=O) groups is 4. The van der Waals surface area contributed by atoms with E-state index in [0.717, 1.165) is 87.3 Å². The van der Waals surface area contributed by atoms with Gasteiger partial charge in [0.2, 0.25) is 0 Å². The molecule has 0 spiro atoms. The average molecular weight is 1710 g/mol. The van der Waals surface area contributed by atoms with Crippen LogP contribution in [0.2, 0.25) is 6.82 Å². The number of alkyl halides is 1. The Hall–Kier alpha value is -7.57. The number of ether oxygens (including phenoxy) is 3. The summed E-state index contributed by atoms with van der Waals surface area (Å²) in [4.78, 5) is 55.4. The second-order valence-electron chi connectivity index (χ2n) is 26.9. The predicted octanol–water partition coefficient (Wildman–Crippen LogP) is 21.8. The number of H-pyrrole nitrogens is 1. The van der Waals surface area contributed by atoms with Crippen LogP contribution in [0.5, 0.6) is 0 Å². The number of aromatic nitrogens is 4. The number of rotatable bonds is 38. The molecule has 8 aromatic heterocycles. The highest BCUT2D eigenvalue weighted by molar-refractivity contribution is 9.10. The minimum Gasteiger partial charge on any atom is -0.477 e. The molecule has 0 aliphatic rings. The Morgan fingerprint density at radius 1 is 0.414 bits per heavy atom. The van der Waals surface area contributed by atoms with Crippen molar-refractivity contribution in [1.82, 2.24) is 18.6 Å². The molecule has 5 N–H and O–H groups in total. The lowest BCUT2D eigenvalue weighted by Crippen LogP contribution is -2.41. The number of hydrogen-bond donors (Lipinski definition) is 5. The monoisotopic (exact) mass is 1710 g/mol. The summed E-state index contributed by atoms with van der Waals surface area (Å²) in [6, 6.07) is 57.7. The predicted molar refractivity (Wildman–Crippen MR) is 470 cm³/mol. The van der Waals surface area contributed by atoms with Crippen LogP contribution in [0.4, 0.5) is 0 Å². The number of nitrogens with zero attached hydrogens (tertiary/aromatic N) is 3. The van der Waals surface area contributed by atoms with E-state index in [9.17, 15) is 19.2 Å². The van der Waals surface area contributed by atoms with Crippen molar-refractivity contribution in [2.45, 2.75) is 195 Å². The summed E-state index contributed by atoms with van der Waals surface area (Å²) >= 11 is 12.8. The van der Waals surface area contributed by atoms with Gasteiger partial charge in [0.15, 0.2) is 0 Å². The normalized spacial score (nSPS) is 10.6. The van der Waals surface area contributed by atoms with Crippen LogP contribution in [0.25, 0.3) is 11.4 Å². The molecule has 0 aliphatic carbocycles. The molecule has 0 bridgehead atoms. The van der Waals surface area contributed by atoms with Crippen molar-refractivity contribution < 1.29 is 53.6 Å². The molecule has 23 heteroatoms. The number of benzene rings is 3. The van der Waals surface area contributed by atoms with Crippen LogP contribution in [-0.2, 0) is 78.4 Å². The summed E-state index contributed by atoms with van der Waals surface area (Å²) in [7, 11) is 1.98. The Bertz CT molecular complexity index is 4320. The Balaban J connectivity index is 0.000000216. The molecule has 8 heterocycles. The smallest absolute Gasteiger partial charge is 0.477 e. The zero-order valence-corrected chi connectivity index (χ0v) is 72.0. The Morgan fingerprint density at radius 3 is 1.14 bits per heavy atom. The maximum atomic E-state index is 11.6. The van der Waals surface area contributed by atoms with Crippen molar-refractivity contribution in [2.24, 2.45) is 0 Å². The molecular weight excluding hydrogens is 1600 g/mol. The number of carboxylic acid groups (broad SMARTS) is 1. The largest absolute Gasteiger partial charge is 0.504 e. The van der Waals surface area contributed by atoms with Gasteiger partial charge in [0, 0.05) is 82.0 Å². The third-order valence-electron chi connectivity index (χ3n) is 18.3. The minimum atomic E-state index is -1.53. The van der Waals surface area contributed by atoms with E-state index in [1.807, 2.05) is 54.7 Å². The molecule has 0 atom stereocenters. The topological polar surface area (TPSA) is 207 Å². The standard InChI is InChI=1S/C25H31NO2S.C24H29NO2S.C13H15NO2S.C12H17Br.C9H11BrO2S.C5H9B2NO3/c1-3-4-5-6-9-20-13-15-22(16-14-20)26-19-8-11-21(26)10-7-12-23-17-18-24(29-23)25(27)28-2;1-2-3-4-5-8-19-12-14-21(15-13-19)25-18-7-10-20(25)9-6-11-22-16-17-23(28-22)24(26)27;1-16-13(15)12-8-7-11(17-12)6-2-4-10-5-3-9-14-10;1-2-3-4-5-6-11-7-9-12(13)10-8-11;1-12-9(11)8-5-4-7(13-8)3-2-6-10;1-6(9)8-4-2-3-5(8)7(10)11/h8,11,13-19H,3-7,9-10,12H2,1-2H3;7,10,12-18H,2-6,8-9,11H2,1H3,(H,26,27);3,5,7-9,14H,2,4,6H2,1H3;7-10H,2-6H2,1H3;4-5H,2-3,6H2,1H3;2-4,9-11H,1H3. The van der Waals surface area contributed by atoms with E-state index < -0.39 is 20.1 Å². The zero-order valence-electron chi connectivity index (χ0n) is 65.6. The molecular formula is C88H112B2Br2N4O11S4. The Morgan fingerprint density at radius 2 is 0.793 bits per heavy atom. The molecule has 0 aliphatic heterocycles. The molecule has 15 nitrogen and oxygen atoms in total. The van der Waals surface area contributed by atoms with Gasteiger partial charge in [-0.25, -0.2) is 19.2 Å². The first-order chi connectivity index (χ1) is 53.9. The van der Waals surface area contributed by atoms with Crippen molar-refractivity contribution in [3.8, 4) is 11.4 Å². The molecule has 111 heavy (non-hydrogen) atoms. The maximum Gasteiger partial charge on any atom is 0.504 e. The van der Waals surface area contributed by atoms with Crippen LogP contribution in [0.1, 0.15) is 215 Å². The second kappa shape index (κ2) is 53.4. The summed E-state index contributed by atoms with van der Waals surface area (Å²) in [5.74, 6) is -1.57. The van der Waals surface area contributed by atoms with E-state index in [2.05, 4.69) is 192 Å². The number of methoxy groups -OCH3 is 3. The highest BCUT2D eigenvalue weighted by Crippen LogP contribution is 2.26. The molecule has 0 fully saturated rings. The van der Waals surface area contributed by atoms with Crippen LogP contribution >= 0.6 is 77.2 Å². The molecule has 0 radical (unpaired) electrons. The fraction of sp³-hybridized carbons (Fsp3) is 0.386. The van der Waals surface area contributed by atoms with E-state index in [4.69, 9.17) is 24.9 Å². The first kappa shape index (κ1) is 92.3. The molecule has 0 saturated heterocycles. The number of thiophene rings is 4. The van der Waals surface area contributed by atoms with Crippen LogP contribution < -0.4 is 5.59 Å². The van der Waals surface area contributed by atoms with Crippen LogP contribution in [0, 0.1) is 0 Å². The van der Waals surface area contributed by atoms with E-state index in [1.54, 1.807) is 25.2 Å². The van der Waals surface area contributed by atoms with Gasteiger partial charge in [-0.15, -0.1) is 45.3 Å². The SMILES string of the molecule is CB(O)n1cccc1B(O)O.CCCCCCc1ccc(-n2cccc2CCCc2ccc(C(=O)O)s2)cc1.CCCCCCc1ccc(-n2cccc2CCCc2ccc(C(=O)OC)s2)cc1.CCCCCCc1ccc(Br)cc1.COC(=O)c1ccc(CCCBr)s1.COC(=O)c1ccc(CCCc2ccc[nH]2)s1. The number of aromatic amines is 1. The van der Waals surface area contributed by atoms with Crippen LogP contribution in [-0.4, -0.2) is 103 Å². The molecule has 0 unspecified atom stereocenters. The number of carbonyl (C=O) groups excluding carboxylic acids is 3. The van der Waals surface area contributed by atoms with E-state index in [0.29, 0.717) is 25.1 Å². The lowest BCUT2D eigenvalue weighted by molar-refractivity contribution is 0.0597. The lowest BCUT2D eigenvalue weighted by Gasteiger charge is -2.10. The van der Waals surface area contributed by atoms with Crippen LogP contribution in [0.3, 0.4) is 0 Å². The lowest BCUT2D eigenvalue weighted by atomic mass is 9.80. The fourth-order valence-electron chi connectivity index (χ4n) is 12.2. The van der Waals surface area contributed by atoms with Crippen molar-refractivity contribution in [2.75, 3.05) is 26.7 Å². The van der Waals surface area contributed by atoms with Gasteiger partial charge in [0.05, 0.1) is 21.3 Å². The number of unbranched alkanes of at least 4 members (excludes halogenated alkanes) is 9. The summed E-state index contributed by atoms with van der Waals surface area (Å²) < 4.78 is 21.2. The third-order valence-corrected chi connectivity index (χ3v) is 23.9. The number of halogens is 2. The van der Waals surface area contributed by atoms with Crippen molar-refractivity contribution in [3.05, 3.63) is 272 Å². The Labute approximate surface area is 692 Å². The van der Waals surface area contributed by atoms with Gasteiger partial charge in [-0.05, 0) is 272 Å². The summed E-state index contributed by atoms with van der Waals surface area (Å²) in [6.07, 6.45) is 38.4. The molecule has 11 rings (SSSR count). The van der Waals surface area contributed by atoms with Gasteiger partial charge < -0.3 is 53.0 Å². The summed E-state index contributed by atoms with van der Waals surface area (Å²) in [6.45, 7) is 8.30. The van der Waals surface area contributed by atoms with Crippen molar-refractivity contribution >= 4 is 121 Å². The number of carboxylic acids is 1. The highest BCUT2D eigenvalue weighted by Gasteiger charge is 2.20. The van der Waals surface area contributed by atoms with Crippen molar-refractivity contribution in [1.29, 1.82) is 0 Å². The number of nitrogens with one attached hydrogen (secondary N) is 1. The number of aryl methyl sites for hydroxylation is 10. The number of hydrogen-bond acceptors (Lipinski definition) is 14. The third kappa shape index (κ3) is 34.3. The minimum absolute atomic E-state index is 0.241. The van der Waals surface area contributed by atoms with Gasteiger partial charge in [-0.2, -0.15) is 0 Å². The first-order valence-corrected chi connectivity index (χ1v) is 44.1. The van der Waals surface area contributed by atoms with Gasteiger partial charge in [-0.1, -0.05) is 147 Å². The van der Waals surface area contributed by atoms with Gasteiger partial charge in [0.25, 0.3) is 0 Å². The van der Waals surface area contributed by atoms with Gasteiger partial charge in [0.1, 0.15) is 19.5 Å². The fourth-order valence-corrected chi connectivity index (χ4v) is 16.5. The van der Waals surface area contributed by atoms with E-state index in [1.165, 1.54) is 231 Å². The summed E-state index contributed by atoms with van der Waals surface area (Å²) in [5.41, 5.74) is 10.9. The maximum absolute atomic E-state index is 11.6. The molecule has 0 amide bonds. The Kier molecular flexibility index (Phi) is 44.4.